The molecule has 0 radical (unpaired) electrons. The minimum atomic E-state index is -1.40. The zero-order valence-corrected chi connectivity index (χ0v) is 11.0. The van der Waals surface area contributed by atoms with Gasteiger partial charge in [0.25, 0.3) is 0 Å². The first-order valence-electron chi connectivity index (χ1n) is 6.61. The van der Waals surface area contributed by atoms with E-state index in [0.717, 1.165) is 25.7 Å². The number of hydrogen-bond donors (Lipinski definition) is 2. The van der Waals surface area contributed by atoms with Gasteiger partial charge in [0.1, 0.15) is 0 Å². The summed E-state index contributed by atoms with van der Waals surface area (Å²) in [6.45, 7) is 4.05. The van der Waals surface area contributed by atoms with E-state index in [0.29, 0.717) is 12.5 Å². The van der Waals surface area contributed by atoms with Crippen LogP contribution in [0.25, 0.3) is 0 Å². The average molecular weight is 246 g/mol. The minimum absolute atomic E-state index is 0.355. The van der Waals surface area contributed by atoms with E-state index in [1.54, 1.807) is 0 Å². The Labute approximate surface area is 104 Å². The van der Waals surface area contributed by atoms with Gasteiger partial charge in [-0.15, -0.1) is 0 Å². The smallest absolute Gasteiger partial charge is 0.337 e. The molecule has 4 heteroatoms. The van der Waals surface area contributed by atoms with Crippen LogP contribution in [-0.2, 0) is 9.53 Å². The van der Waals surface area contributed by atoms with E-state index in [1.807, 2.05) is 0 Å². The van der Waals surface area contributed by atoms with Crippen LogP contribution in [0.4, 0.5) is 0 Å². The molecule has 0 aromatic rings. The van der Waals surface area contributed by atoms with Crippen molar-refractivity contribution in [3.63, 3.8) is 0 Å². The fourth-order valence-corrected chi connectivity index (χ4v) is 1.77. The molecule has 4 nitrogen and oxygen atoms in total. The summed E-state index contributed by atoms with van der Waals surface area (Å²) in [5.41, 5.74) is 0. The molecule has 0 fully saturated rings. The predicted molar refractivity (Wildman–Crippen MR) is 66.6 cm³/mol. The van der Waals surface area contributed by atoms with Crippen LogP contribution in [0.2, 0.25) is 0 Å². The maximum Gasteiger partial charge on any atom is 0.337 e. The molecule has 0 aliphatic carbocycles. The molecule has 17 heavy (non-hydrogen) atoms. The molecule has 0 saturated heterocycles. The fraction of sp³-hybridized carbons (Fsp3) is 0.923. The van der Waals surface area contributed by atoms with E-state index in [9.17, 15) is 4.79 Å². The molecule has 0 aromatic carbocycles. The Morgan fingerprint density at radius 1 is 1.18 bits per heavy atom. The molecule has 0 amide bonds. The number of esters is 1. The molecule has 0 heterocycles. The molecular formula is C13H26O4. The van der Waals surface area contributed by atoms with Crippen LogP contribution in [-0.4, -0.2) is 35.5 Å². The van der Waals surface area contributed by atoms with E-state index in [2.05, 4.69) is 13.8 Å². The minimum Gasteiger partial charge on any atom is -0.463 e. The van der Waals surface area contributed by atoms with Crippen LogP contribution in [0.3, 0.4) is 0 Å². The normalized spacial score (nSPS) is 14.4. The third-order valence-electron chi connectivity index (χ3n) is 2.82. The van der Waals surface area contributed by atoms with Crippen LogP contribution >= 0.6 is 0 Å². The topological polar surface area (TPSA) is 66.8 Å². The second-order valence-electron chi connectivity index (χ2n) is 4.48. The second-order valence-corrected chi connectivity index (χ2v) is 4.48. The molecule has 2 N–H and O–H groups in total. The molecular weight excluding hydrogens is 220 g/mol. The van der Waals surface area contributed by atoms with Gasteiger partial charge < -0.3 is 14.9 Å². The molecule has 2 atom stereocenters. The Bertz CT molecular complexity index is 194. The number of aliphatic hydroxyl groups excluding tert-OH is 2. The molecule has 0 aromatic heterocycles. The van der Waals surface area contributed by atoms with Crippen LogP contribution in [0.15, 0.2) is 0 Å². The van der Waals surface area contributed by atoms with Gasteiger partial charge >= 0.3 is 5.97 Å². The standard InChI is InChI=1S/C13H26O4/c1-3-5-6-8-11(7-4-2)10-17-13(16)12(15)9-14/h11-12,14-15H,3-10H2,1-2H3. The number of ether oxygens (including phenoxy) is 1. The Balaban J connectivity index is 3.86. The Morgan fingerprint density at radius 2 is 1.88 bits per heavy atom. The zero-order valence-electron chi connectivity index (χ0n) is 11.0. The maximum atomic E-state index is 11.2. The number of carbonyl (C=O) groups is 1. The number of unbranched alkanes of at least 4 members (excludes halogenated alkanes) is 2. The lowest BCUT2D eigenvalue weighted by Gasteiger charge is -2.17. The van der Waals surface area contributed by atoms with Gasteiger partial charge in [0, 0.05) is 0 Å². The van der Waals surface area contributed by atoms with E-state index in [4.69, 9.17) is 14.9 Å². The van der Waals surface area contributed by atoms with Crippen molar-refractivity contribution < 1.29 is 19.7 Å². The third kappa shape index (κ3) is 8.16. The van der Waals surface area contributed by atoms with Crippen molar-refractivity contribution in [3.8, 4) is 0 Å². The molecule has 102 valence electrons. The average Bonchev–Trinajstić information content (AvgIpc) is 2.34. The van der Waals surface area contributed by atoms with Crippen LogP contribution in [0.5, 0.6) is 0 Å². The quantitative estimate of drug-likeness (QED) is 0.456. The zero-order chi connectivity index (χ0) is 13.1. The van der Waals surface area contributed by atoms with Crippen LogP contribution < -0.4 is 0 Å². The Kier molecular flexibility index (Phi) is 10.2. The largest absolute Gasteiger partial charge is 0.463 e. The number of carbonyl (C=O) groups excluding carboxylic acids is 1. The number of rotatable bonds is 10. The summed E-state index contributed by atoms with van der Waals surface area (Å²) in [4.78, 5) is 11.2. The van der Waals surface area contributed by atoms with Gasteiger partial charge in [-0.05, 0) is 18.8 Å². The summed E-state index contributed by atoms with van der Waals surface area (Å²) in [6.07, 6.45) is 5.30. The van der Waals surface area contributed by atoms with Crippen LogP contribution in [0.1, 0.15) is 52.4 Å². The van der Waals surface area contributed by atoms with Gasteiger partial charge in [-0.2, -0.15) is 0 Å². The van der Waals surface area contributed by atoms with Gasteiger partial charge in [0.2, 0.25) is 0 Å². The van der Waals surface area contributed by atoms with Gasteiger partial charge in [-0.1, -0.05) is 39.5 Å². The molecule has 0 bridgehead atoms. The van der Waals surface area contributed by atoms with E-state index in [-0.39, 0.29) is 0 Å². The summed E-state index contributed by atoms with van der Waals surface area (Å²) < 4.78 is 4.99. The lowest BCUT2D eigenvalue weighted by Crippen LogP contribution is -2.28. The summed E-state index contributed by atoms with van der Waals surface area (Å²) in [5.74, 6) is -0.342. The highest BCUT2D eigenvalue weighted by Crippen LogP contribution is 2.16. The van der Waals surface area contributed by atoms with Gasteiger partial charge in [-0.3, -0.25) is 0 Å². The molecule has 0 aliphatic heterocycles. The van der Waals surface area contributed by atoms with Crippen molar-refractivity contribution in [1.82, 2.24) is 0 Å². The highest BCUT2D eigenvalue weighted by molar-refractivity contribution is 5.74. The first-order valence-corrected chi connectivity index (χ1v) is 6.61. The Hall–Kier alpha value is -0.610. The van der Waals surface area contributed by atoms with Crippen molar-refractivity contribution >= 4 is 5.97 Å². The van der Waals surface area contributed by atoms with Crippen molar-refractivity contribution in [2.75, 3.05) is 13.2 Å². The molecule has 0 rings (SSSR count). The first kappa shape index (κ1) is 16.4. The molecule has 0 saturated carbocycles. The summed E-state index contributed by atoms with van der Waals surface area (Å²) in [7, 11) is 0. The first-order chi connectivity index (χ1) is 8.15. The summed E-state index contributed by atoms with van der Waals surface area (Å²) in [5, 5.41) is 17.7. The SMILES string of the molecule is CCCCCC(CCC)COC(=O)C(O)CO. The van der Waals surface area contributed by atoms with Gasteiger partial charge in [0.05, 0.1) is 13.2 Å². The highest BCUT2D eigenvalue weighted by Gasteiger charge is 2.17. The van der Waals surface area contributed by atoms with E-state index in [1.165, 1.54) is 12.8 Å². The summed E-state index contributed by atoms with van der Waals surface area (Å²) >= 11 is 0. The van der Waals surface area contributed by atoms with Gasteiger partial charge in [-0.25, -0.2) is 4.79 Å². The molecule has 2 unspecified atom stereocenters. The summed E-state index contributed by atoms with van der Waals surface area (Å²) in [6, 6.07) is 0. The lowest BCUT2D eigenvalue weighted by atomic mass is 9.97. The van der Waals surface area contributed by atoms with Crippen molar-refractivity contribution in [1.29, 1.82) is 0 Å². The van der Waals surface area contributed by atoms with Crippen LogP contribution in [0, 0.1) is 5.92 Å². The second kappa shape index (κ2) is 10.5. The van der Waals surface area contributed by atoms with E-state index < -0.39 is 18.7 Å². The highest BCUT2D eigenvalue weighted by atomic mass is 16.5. The van der Waals surface area contributed by atoms with Crippen molar-refractivity contribution in [2.45, 2.75) is 58.5 Å². The molecule has 0 aliphatic rings. The van der Waals surface area contributed by atoms with Crippen molar-refractivity contribution in [2.24, 2.45) is 5.92 Å². The van der Waals surface area contributed by atoms with Gasteiger partial charge in [0.15, 0.2) is 6.10 Å². The third-order valence-corrected chi connectivity index (χ3v) is 2.82. The lowest BCUT2D eigenvalue weighted by molar-refractivity contribution is -0.157. The number of hydrogen-bond acceptors (Lipinski definition) is 4. The monoisotopic (exact) mass is 246 g/mol. The Morgan fingerprint density at radius 3 is 2.41 bits per heavy atom. The fourth-order valence-electron chi connectivity index (χ4n) is 1.77. The number of aliphatic hydroxyl groups is 2. The van der Waals surface area contributed by atoms with E-state index >= 15 is 0 Å². The van der Waals surface area contributed by atoms with Crippen molar-refractivity contribution in [3.05, 3.63) is 0 Å². The molecule has 0 spiro atoms. The predicted octanol–water partition coefficient (Wildman–Crippen LogP) is 1.88. The maximum absolute atomic E-state index is 11.2.